The van der Waals surface area contributed by atoms with Crippen molar-refractivity contribution in [1.29, 1.82) is 0 Å². The number of hydrogen-bond donors (Lipinski definition) is 1. The fourth-order valence-corrected chi connectivity index (χ4v) is 4.15. The third-order valence-corrected chi connectivity index (χ3v) is 5.80. The van der Waals surface area contributed by atoms with Gasteiger partial charge in [0, 0.05) is 6.07 Å². The Bertz CT molecular complexity index is 1150. The van der Waals surface area contributed by atoms with Gasteiger partial charge in [-0.2, -0.15) is 0 Å². The van der Waals surface area contributed by atoms with Crippen LogP contribution in [0.2, 0.25) is 0 Å². The summed E-state index contributed by atoms with van der Waals surface area (Å²) >= 11 is 0. The maximum Gasteiger partial charge on any atom is 0.326 e. The molecule has 4 nitrogen and oxygen atoms in total. The van der Waals surface area contributed by atoms with Crippen LogP contribution in [0, 0.1) is 11.6 Å². The standard InChI is InChI=1S/C29H25F2NO3/c1-34-28(33)26(20-35-27-18-17-24(30)19-25(27)31)32-29(21-11-5-2-6-12-21,22-13-7-3-8-14-22)23-15-9-4-10-16-23/h2-19,26,32H,20H2,1H3/t26-/m1/s1. The number of halogens is 2. The second-order valence-electron chi connectivity index (χ2n) is 7.95. The van der Waals surface area contributed by atoms with Gasteiger partial charge in [-0.1, -0.05) is 91.0 Å². The lowest BCUT2D eigenvalue weighted by molar-refractivity contribution is -0.144. The number of carbonyl (C=O) groups excluding carboxylic acids is 1. The molecule has 0 bridgehead atoms. The number of rotatable bonds is 9. The van der Waals surface area contributed by atoms with Crippen LogP contribution in [-0.4, -0.2) is 25.7 Å². The predicted molar refractivity (Wildman–Crippen MR) is 130 cm³/mol. The lowest BCUT2D eigenvalue weighted by Gasteiger charge is -2.39. The van der Waals surface area contributed by atoms with Crippen molar-refractivity contribution in [3.8, 4) is 5.75 Å². The van der Waals surface area contributed by atoms with Crippen LogP contribution in [0.4, 0.5) is 8.78 Å². The van der Waals surface area contributed by atoms with Gasteiger partial charge in [-0.05, 0) is 28.8 Å². The number of esters is 1. The topological polar surface area (TPSA) is 47.6 Å². The lowest BCUT2D eigenvalue weighted by atomic mass is 9.76. The van der Waals surface area contributed by atoms with Gasteiger partial charge in [0.15, 0.2) is 11.6 Å². The van der Waals surface area contributed by atoms with Crippen LogP contribution in [0.15, 0.2) is 109 Å². The van der Waals surface area contributed by atoms with Gasteiger partial charge >= 0.3 is 5.97 Å². The molecule has 0 fully saturated rings. The van der Waals surface area contributed by atoms with Crippen LogP contribution in [0.3, 0.4) is 0 Å². The van der Waals surface area contributed by atoms with Crippen LogP contribution in [0.5, 0.6) is 5.75 Å². The highest BCUT2D eigenvalue weighted by atomic mass is 19.1. The molecule has 4 aromatic rings. The molecule has 0 aliphatic rings. The highest BCUT2D eigenvalue weighted by Gasteiger charge is 2.40. The quantitative estimate of drug-likeness (QED) is 0.259. The summed E-state index contributed by atoms with van der Waals surface area (Å²) < 4.78 is 38.2. The van der Waals surface area contributed by atoms with E-state index in [2.05, 4.69) is 5.32 Å². The Morgan fingerprint density at radius 1 is 0.800 bits per heavy atom. The summed E-state index contributed by atoms with van der Waals surface area (Å²) in [6.45, 7) is -0.247. The molecule has 0 amide bonds. The van der Waals surface area contributed by atoms with Crippen molar-refractivity contribution in [1.82, 2.24) is 5.32 Å². The number of hydrogen-bond acceptors (Lipinski definition) is 4. The molecule has 0 spiro atoms. The molecule has 4 rings (SSSR count). The van der Waals surface area contributed by atoms with E-state index in [-0.39, 0.29) is 12.4 Å². The summed E-state index contributed by atoms with van der Waals surface area (Å²) in [5.74, 6) is -2.31. The SMILES string of the molecule is COC(=O)[C@@H](COc1ccc(F)cc1F)NC(c1ccccc1)(c1ccccc1)c1ccccc1. The van der Waals surface area contributed by atoms with Crippen molar-refractivity contribution in [2.24, 2.45) is 0 Å². The van der Waals surface area contributed by atoms with Crippen LogP contribution in [0.25, 0.3) is 0 Å². The van der Waals surface area contributed by atoms with Crippen molar-refractivity contribution in [3.63, 3.8) is 0 Å². The number of nitrogens with one attached hydrogen (secondary N) is 1. The van der Waals surface area contributed by atoms with E-state index in [1.54, 1.807) is 0 Å². The first kappa shape index (κ1) is 24.1. The van der Waals surface area contributed by atoms with E-state index in [4.69, 9.17) is 9.47 Å². The Morgan fingerprint density at radius 3 is 1.71 bits per heavy atom. The summed E-state index contributed by atoms with van der Waals surface area (Å²) in [6, 6.07) is 31.2. The number of methoxy groups -OCH3 is 1. The van der Waals surface area contributed by atoms with Gasteiger partial charge < -0.3 is 9.47 Å². The van der Waals surface area contributed by atoms with E-state index >= 15 is 0 Å². The largest absolute Gasteiger partial charge is 0.488 e. The molecule has 0 heterocycles. The molecule has 35 heavy (non-hydrogen) atoms. The molecule has 178 valence electrons. The van der Waals surface area contributed by atoms with E-state index in [1.807, 2.05) is 91.0 Å². The van der Waals surface area contributed by atoms with Crippen LogP contribution in [0.1, 0.15) is 16.7 Å². The van der Waals surface area contributed by atoms with Gasteiger partial charge in [0.25, 0.3) is 0 Å². The Balaban J connectivity index is 1.81. The molecule has 0 aliphatic carbocycles. The summed E-state index contributed by atoms with van der Waals surface area (Å²) in [6.07, 6.45) is 0. The summed E-state index contributed by atoms with van der Waals surface area (Å²) in [5, 5.41) is 3.47. The third kappa shape index (κ3) is 5.23. The Labute approximate surface area is 203 Å². The second kappa shape index (κ2) is 10.9. The Kier molecular flexibility index (Phi) is 7.53. The lowest BCUT2D eigenvalue weighted by Crippen LogP contribution is -2.55. The van der Waals surface area contributed by atoms with Crippen molar-refractivity contribution in [2.45, 2.75) is 11.6 Å². The first-order valence-electron chi connectivity index (χ1n) is 11.1. The van der Waals surface area contributed by atoms with E-state index in [0.717, 1.165) is 28.8 Å². The minimum absolute atomic E-state index is 0.160. The predicted octanol–water partition coefficient (Wildman–Crippen LogP) is 5.47. The van der Waals surface area contributed by atoms with Gasteiger partial charge in [-0.15, -0.1) is 0 Å². The second-order valence-corrected chi connectivity index (χ2v) is 7.95. The molecule has 0 saturated carbocycles. The zero-order chi connectivity index (χ0) is 24.7. The highest BCUT2D eigenvalue weighted by Crippen LogP contribution is 2.37. The molecule has 0 aliphatic heterocycles. The van der Waals surface area contributed by atoms with Crippen molar-refractivity contribution in [3.05, 3.63) is 138 Å². The smallest absolute Gasteiger partial charge is 0.326 e. The summed E-state index contributed by atoms with van der Waals surface area (Å²) in [7, 11) is 1.28. The van der Waals surface area contributed by atoms with Crippen LogP contribution < -0.4 is 10.1 Å². The number of carbonyl (C=O) groups is 1. The first-order chi connectivity index (χ1) is 17.0. The fourth-order valence-electron chi connectivity index (χ4n) is 4.15. The van der Waals surface area contributed by atoms with Crippen LogP contribution in [-0.2, 0) is 15.1 Å². The normalized spacial score (nSPS) is 12.1. The van der Waals surface area contributed by atoms with E-state index in [1.165, 1.54) is 13.2 Å². The number of ether oxygens (including phenoxy) is 2. The van der Waals surface area contributed by atoms with E-state index < -0.39 is 29.2 Å². The van der Waals surface area contributed by atoms with Crippen molar-refractivity contribution >= 4 is 5.97 Å². The van der Waals surface area contributed by atoms with Gasteiger partial charge in [0.05, 0.1) is 12.6 Å². The van der Waals surface area contributed by atoms with Gasteiger partial charge in [-0.25, -0.2) is 8.78 Å². The molecule has 4 aromatic carbocycles. The van der Waals surface area contributed by atoms with Crippen molar-refractivity contribution < 1.29 is 23.0 Å². The molecular formula is C29H25F2NO3. The van der Waals surface area contributed by atoms with E-state index in [0.29, 0.717) is 0 Å². The molecule has 1 atom stereocenters. The molecular weight excluding hydrogens is 448 g/mol. The van der Waals surface area contributed by atoms with Crippen LogP contribution >= 0.6 is 0 Å². The molecule has 0 saturated heterocycles. The Hall–Kier alpha value is -4.03. The Morgan fingerprint density at radius 2 is 1.29 bits per heavy atom. The molecule has 0 unspecified atom stereocenters. The molecule has 0 radical (unpaired) electrons. The fraction of sp³-hybridized carbons (Fsp3) is 0.138. The zero-order valence-corrected chi connectivity index (χ0v) is 19.2. The summed E-state index contributed by atoms with van der Waals surface area (Å²) in [5.41, 5.74) is 1.70. The van der Waals surface area contributed by atoms with E-state index in [9.17, 15) is 13.6 Å². The van der Waals surface area contributed by atoms with Gasteiger partial charge in [0.2, 0.25) is 0 Å². The van der Waals surface area contributed by atoms with Gasteiger partial charge in [-0.3, -0.25) is 10.1 Å². The first-order valence-corrected chi connectivity index (χ1v) is 11.1. The summed E-state index contributed by atoms with van der Waals surface area (Å²) in [4.78, 5) is 12.9. The van der Waals surface area contributed by atoms with Crippen molar-refractivity contribution in [2.75, 3.05) is 13.7 Å². The molecule has 1 N–H and O–H groups in total. The number of benzene rings is 4. The average molecular weight is 474 g/mol. The minimum Gasteiger partial charge on any atom is -0.488 e. The average Bonchev–Trinajstić information content (AvgIpc) is 2.91. The highest BCUT2D eigenvalue weighted by molar-refractivity contribution is 5.76. The van der Waals surface area contributed by atoms with Gasteiger partial charge in [0.1, 0.15) is 18.5 Å². The molecule has 6 heteroatoms. The monoisotopic (exact) mass is 473 g/mol. The zero-order valence-electron chi connectivity index (χ0n) is 19.2. The maximum atomic E-state index is 14.2. The third-order valence-electron chi connectivity index (χ3n) is 5.80. The molecule has 0 aromatic heterocycles. The maximum absolute atomic E-state index is 14.2. The minimum atomic E-state index is -0.995.